The van der Waals surface area contributed by atoms with Gasteiger partial charge in [-0.25, -0.2) is 9.78 Å². The third kappa shape index (κ3) is 4.31. The van der Waals surface area contributed by atoms with Crippen molar-refractivity contribution >= 4 is 29.1 Å². The number of hydrogen-bond donors (Lipinski definition) is 3. The van der Waals surface area contributed by atoms with E-state index >= 15 is 0 Å². The predicted octanol–water partition coefficient (Wildman–Crippen LogP) is 2.99. The third-order valence-corrected chi connectivity index (χ3v) is 2.68. The van der Waals surface area contributed by atoms with Gasteiger partial charge in [0.1, 0.15) is 5.82 Å². The van der Waals surface area contributed by atoms with Crippen LogP contribution in [0.2, 0.25) is 0 Å². The molecule has 108 valence electrons. The van der Waals surface area contributed by atoms with Crippen molar-refractivity contribution in [2.45, 2.75) is 13.8 Å². The molecule has 0 radical (unpaired) electrons. The van der Waals surface area contributed by atoms with Crippen molar-refractivity contribution in [1.82, 2.24) is 4.98 Å². The van der Waals surface area contributed by atoms with Crippen LogP contribution in [0.15, 0.2) is 42.6 Å². The number of aromatic nitrogens is 1. The normalized spacial score (nSPS) is 9.81. The summed E-state index contributed by atoms with van der Waals surface area (Å²) in [4.78, 5) is 27.0. The highest BCUT2D eigenvalue weighted by Gasteiger charge is 2.06. The van der Waals surface area contributed by atoms with Crippen LogP contribution in [-0.4, -0.2) is 16.9 Å². The molecule has 2 rings (SSSR count). The van der Waals surface area contributed by atoms with Gasteiger partial charge < -0.3 is 10.6 Å². The Bertz CT molecular complexity index is 670. The minimum Gasteiger partial charge on any atom is -0.326 e. The number of nitrogens with zero attached hydrogens (tertiary/aromatic N) is 1. The maximum absolute atomic E-state index is 11.9. The molecule has 0 aliphatic carbocycles. The minimum absolute atomic E-state index is 0.166. The predicted molar refractivity (Wildman–Crippen MR) is 82.4 cm³/mol. The molecule has 1 aromatic carbocycles. The largest absolute Gasteiger partial charge is 0.326 e. The Balaban J connectivity index is 2.03. The molecule has 3 amide bonds. The van der Waals surface area contributed by atoms with E-state index in [1.165, 1.54) is 6.92 Å². The van der Waals surface area contributed by atoms with Gasteiger partial charge in [-0.1, -0.05) is 12.1 Å². The van der Waals surface area contributed by atoms with Gasteiger partial charge in [0.15, 0.2) is 0 Å². The molecule has 0 bridgehead atoms. The Labute approximate surface area is 122 Å². The average molecular weight is 284 g/mol. The summed E-state index contributed by atoms with van der Waals surface area (Å²) in [7, 11) is 0. The fourth-order valence-electron chi connectivity index (χ4n) is 1.76. The van der Waals surface area contributed by atoms with Crippen molar-refractivity contribution in [1.29, 1.82) is 0 Å². The number of benzene rings is 1. The lowest BCUT2D eigenvalue weighted by molar-refractivity contribution is -0.114. The summed E-state index contributed by atoms with van der Waals surface area (Å²) < 4.78 is 0. The van der Waals surface area contributed by atoms with Crippen LogP contribution in [0.3, 0.4) is 0 Å². The Morgan fingerprint density at radius 2 is 1.71 bits per heavy atom. The van der Waals surface area contributed by atoms with Gasteiger partial charge in [0, 0.05) is 24.5 Å². The molecule has 21 heavy (non-hydrogen) atoms. The first-order chi connectivity index (χ1) is 10.0. The average Bonchev–Trinajstić information content (AvgIpc) is 2.41. The number of anilines is 3. The van der Waals surface area contributed by atoms with Gasteiger partial charge in [0.25, 0.3) is 0 Å². The van der Waals surface area contributed by atoms with Crippen LogP contribution in [0.4, 0.5) is 22.0 Å². The highest BCUT2D eigenvalue weighted by atomic mass is 16.2. The standard InChI is InChI=1S/C15H16N4O2/c1-10-5-4-8-16-14(10)19-15(21)18-13-7-3-6-12(9-13)17-11(2)20/h3-9H,1-2H3,(H,17,20)(H2,16,18,19,21). The van der Waals surface area contributed by atoms with Crippen molar-refractivity contribution in [3.05, 3.63) is 48.2 Å². The van der Waals surface area contributed by atoms with Gasteiger partial charge in [0.2, 0.25) is 5.91 Å². The lowest BCUT2D eigenvalue weighted by Gasteiger charge is -2.10. The van der Waals surface area contributed by atoms with Gasteiger partial charge in [-0.05, 0) is 36.8 Å². The van der Waals surface area contributed by atoms with Crippen LogP contribution in [0.5, 0.6) is 0 Å². The number of rotatable bonds is 3. The second kappa shape index (κ2) is 6.51. The van der Waals surface area contributed by atoms with Crippen LogP contribution >= 0.6 is 0 Å². The van der Waals surface area contributed by atoms with Gasteiger partial charge in [0.05, 0.1) is 0 Å². The van der Waals surface area contributed by atoms with Crippen molar-refractivity contribution in [3.63, 3.8) is 0 Å². The summed E-state index contributed by atoms with van der Waals surface area (Å²) in [5.74, 6) is 0.341. The van der Waals surface area contributed by atoms with Crippen molar-refractivity contribution < 1.29 is 9.59 Å². The second-order valence-corrected chi connectivity index (χ2v) is 4.51. The molecule has 0 fully saturated rings. The monoisotopic (exact) mass is 284 g/mol. The number of aryl methyl sites for hydroxylation is 1. The van der Waals surface area contributed by atoms with Crippen molar-refractivity contribution in [2.24, 2.45) is 0 Å². The third-order valence-electron chi connectivity index (χ3n) is 2.68. The number of urea groups is 1. The summed E-state index contributed by atoms with van der Waals surface area (Å²) in [5.41, 5.74) is 2.07. The number of amides is 3. The molecule has 6 nitrogen and oxygen atoms in total. The quantitative estimate of drug-likeness (QED) is 0.810. The Hall–Kier alpha value is -2.89. The number of hydrogen-bond acceptors (Lipinski definition) is 3. The lowest BCUT2D eigenvalue weighted by Crippen LogP contribution is -2.20. The highest BCUT2D eigenvalue weighted by Crippen LogP contribution is 2.16. The zero-order valence-corrected chi connectivity index (χ0v) is 11.8. The van der Waals surface area contributed by atoms with Crippen LogP contribution in [-0.2, 0) is 4.79 Å². The first-order valence-electron chi connectivity index (χ1n) is 6.42. The minimum atomic E-state index is -0.392. The van der Waals surface area contributed by atoms with Crippen LogP contribution in [0.1, 0.15) is 12.5 Å². The zero-order valence-electron chi connectivity index (χ0n) is 11.8. The Morgan fingerprint density at radius 3 is 2.38 bits per heavy atom. The summed E-state index contributed by atoms with van der Waals surface area (Å²) >= 11 is 0. The van der Waals surface area contributed by atoms with E-state index in [2.05, 4.69) is 20.9 Å². The van der Waals surface area contributed by atoms with E-state index in [0.29, 0.717) is 17.2 Å². The SMILES string of the molecule is CC(=O)Nc1cccc(NC(=O)Nc2ncccc2C)c1. The van der Waals surface area contributed by atoms with Gasteiger partial charge in [-0.3, -0.25) is 10.1 Å². The van der Waals surface area contributed by atoms with Crippen LogP contribution in [0.25, 0.3) is 0 Å². The lowest BCUT2D eigenvalue weighted by atomic mass is 10.2. The molecule has 0 unspecified atom stereocenters. The molecule has 0 spiro atoms. The summed E-state index contributed by atoms with van der Waals surface area (Å²) in [6.07, 6.45) is 1.61. The van der Waals surface area contributed by atoms with Crippen molar-refractivity contribution in [2.75, 3.05) is 16.0 Å². The van der Waals surface area contributed by atoms with Gasteiger partial charge in [-0.2, -0.15) is 0 Å². The van der Waals surface area contributed by atoms with E-state index in [0.717, 1.165) is 5.56 Å². The maximum atomic E-state index is 11.9. The molecule has 3 N–H and O–H groups in total. The van der Waals surface area contributed by atoms with Crippen LogP contribution in [0, 0.1) is 6.92 Å². The molecule has 6 heteroatoms. The molecule has 2 aromatic rings. The second-order valence-electron chi connectivity index (χ2n) is 4.51. The molecule has 1 aromatic heterocycles. The maximum Gasteiger partial charge on any atom is 0.324 e. The molecule has 1 heterocycles. The Kier molecular flexibility index (Phi) is 4.50. The molecule has 0 aliphatic rings. The highest BCUT2D eigenvalue weighted by molar-refractivity contribution is 6.00. The summed E-state index contributed by atoms with van der Waals surface area (Å²) in [6, 6.07) is 10.2. The molecule has 0 saturated heterocycles. The summed E-state index contributed by atoms with van der Waals surface area (Å²) in [6.45, 7) is 3.29. The van der Waals surface area contributed by atoms with E-state index in [9.17, 15) is 9.59 Å². The number of carbonyl (C=O) groups excluding carboxylic acids is 2. The van der Waals surface area contributed by atoms with Crippen molar-refractivity contribution in [3.8, 4) is 0 Å². The fraction of sp³-hybridized carbons (Fsp3) is 0.133. The summed E-state index contributed by atoms with van der Waals surface area (Å²) in [5, 5.41) is 8.01. The zero-order chi connectivity index (χ0) is 15.2. The molecular weight excluding hydrogens is 268 g/mol. The number of pyridine rings is 1. The van der Waals surface area contributed by atoms with Gasteiger partial charge >= 0.3 is 6.03 Å². The molecule has 0 aliphatic heterocycles. The molecular formula is C15H16N4O2. The van der Waals surface area contributed by atoms with E-state index < -0.39 is 6.03 Å². The smallest absolute Gasteiger partial charge is 0.324 e. The topological polar surface area (TPSA) is 83.1 Å². The number of nitrogens with one attached hydrogen (secondary N) is 3. The first-order valence-corrected chi connectivity index (χ1v) is 6.42. The van der Waals surface area contributed by atoms with E-state index in [1.807, 2.05) is 13.0 Å². The number of carbonyl (C=O) groups is 2. The van der Waals surface area contributed by atoms with E-state index in [1.54, 1.807) is 36.5 Å². The van der Waals surface area contributed by atoms with Gasteiger partial charge in [-0.15, -0.1) is 0 Å². The van der Waals surface area contributed by atoms with E-state index in [4.69, 9.17) is 0 Å². The molecule has 0 saturated carbocycles. The molecule has 0 atom stereocenters. The van der Waals surface area contributed by atoms with Crippen LogP contribution < -0.4 is 16.0 Å². The first kappa shape index (κ1) is 14.5. The fourth-order valence-corrected chi connectivity index (χ4v) is 1.76. The van der Waals surface area contributed by atoms with E-state index in [-0.39, 0.29) is 5.91 Å². The Morgan fingerprint density at radius 1 is 1.00 bits per heavy atom.